The maximum Gasteiger partial charge on any atom is 0.573 e. The molecule has 0 spiro atoms. The summed E-state index contributed by atoms with van der Waals surface area (Å²) in [4.78, 5) is 45.8. The molecule has 2 fully saturated rings. The van der Waals surface area contributed by atoms with E-state index in [0.29, 0.717) is 18.7 Å². The zero-order valence-corrected chi connectivity index (χ0v) is 21.2. The van der Waals surface area contributed by atoms with Gasteiger partial charge in [0.05, 0.1) is 12.3 Å². The third-order valence-corrected chi connectivity index (χ3v) is 6.25. The summed E-state index contributed by atoms with van der Waals surface area (Å²) >= 11 is 0. The van der Waals surface area contributed by atoms with E-state index < -0.39 is 24.0 Å². The number of hydrogen-bond donors (Lipinski definition) is 1. The molecule has 12 heteroatoms. The molecule has 0 aromatic heterocycles. The number of esters is 1. The van der Waals surface area contributed by atoms with E-state index in [1.165, 1.54) is 17.0 Å². The van der Waals surface area contributed by atoms with Gasteiger partial charge in [0.15, 0.2) is 0 Å². The first kappa shape index (κ1) is 27.7. The molecular weight excluding hydrogens is 517 g/mol. The summed E-state index contributed by atoms with van der Waals surface area (Å²) in [7, 11) is 0. The molecule has 2 aromatic rings. The van der Waals surface area contributed by atoms with Gasteiger partial charge >= 0.3 is 12.3 Å². The Hall–Kier alpha value is -4.35. The zero-order valence-electron chi connectivity index (χ0n) is 21.2. The van der Waals surface area contributed by atoms with E-state index in [2.05, 4.69) is 9.73 Å². The van der Waals surface area contributed by atoms with Crippen molar-refractivity contribution >= 4 is 40.6 Å². The fraction of sp³-hybridized carbons (Fsp3) is 0.333. The van der Waals surface area contributed by atoms with Crippen LogP contribution in [-0.4, -0.2) is 49.6 Å². The second kappa shape index (κ2) is 11.6. The van der Waals surface area contributed by atoms with Crippen LogP contribution in [0.15, 0.2) is 64.8 Å². The van der Waals surface area contributed by atoms with Crippen LogP contribution in [0, 0.1) is 0 Å². The molecule has 2 aliphatic heterocycles. The SMILES string of the molecule is CCOC(=O)C(N)=C1CCN(c2ccc(N3CCCCC3=O)cc2)C(=O)C1=Nc1ccc(OC(F)(F)F)cc1. The predicted octanol–water partition coefficient (Wildman–Crippen LogP) is 4.39. The summed E-state index contributed by atoms with van der Waals surface area (Å²) in [5.74, 6) is -1.75. The third-order valence-electron chi connectivity index (χ3n) is 6.25. The maximum atomic E-state index is 13.6. The van der Waals surface area contributed by atoms with Gasteiger partial charge in [-0.25, -0.2) is 9.79 Å². The minimum absolute atomic E-state index is 0.0494. The number of hydrogen-bond acceptors (Lipinski definition) is 7. The fourth-order valence-electron chi connectivity index (χ4n) is 4.40. The lowest BCUT2D eigenvalue weighted by molar-refractivity contribution is -0.274. The molecule has 0 saturated carbocycles. The monoisotopic (exact) mass is 544 g/mol. The van der Waals surface area contributed by atoms with Crippen LogP contribution in [0.3, 0.4) is 0 Å². The van der Waals surface area contributed by atoms with Gasteiger partial charge in [-0.05, 0) is 74.7 Å². The number of ether oxygens (including phenoxy) is 2. The molecule has 0 unspecified atom stereocenters. The van der Waals surface area contributed by atoms with Crippen LogP contribution in [0.4, 0.5) is 30.2 Å². The predicted molar refractivity (Wildman–Crippen MR) is 138 cm³/mol. The lowest BCUT2D eigenvalue weighted by Crippen LogP contribution is -2.44. The molecular formula is C27H27F3N4O5. The smallest absolute Gasteiger partial charge is 0.461 e. The molecule has 2 aromatic carbocycles. The Kier molecular flexibility index (Phi) is 8.22. The van der Waals surface area contributed by atoms with Crippen LogP contribution < -0.4 is 20.3 Å². The average molecular weight is 545 g/mol. The highest BCUT2D eigenvalue weighted by Gasteiger charge is 2.34. The standard InChI is InChI=1S/C27H27F3N4O5/c1-2-38-26(37)23(31)21-14-16-34(19-10-8-18(9-11-19)33-15-4-3-5-22(33)35)25(36)24(21)32-17-6-12-20(13-7-17)39-27(28,29)30/h6-13H,2-5,14-16,31H2,1H3. The van der Waals surface area contributed by atoms with Crippen molar-refractivity contribution in [2.45, 2.75) is 39.0 Å². The van der Waals surface area contributed by atoms with Crippen molar-refractivity contribution in [1.29, 1.82) is 0 Å². The van der Waals surface area contributed by atoms with E-state index in [1.807, 2.05) is 0 Å². The van der Waals surface area contributed by atoms with Gasteiger partial charge in [-0.2, -0.15) is 0 Å². The Morgan fingerprint density at radius 1 is 0.949 bits per heavy atom. The van der Waals surface area contributed by atoms with Gasteiger partial charge in [0.25, 0.3) is 5.91 Å². The number of benzene rings is 2. The van der Waals surface area contributed by atoms with E-state index in [0.717, 1.165) is 30.7 Å². The first-order valence-corrected chi connectivity index (χ1v) is 12.4. The number of anilines is 2. The molecule has 0 aliphatic carbocycles. The van der Waals surface area contributed by atoms with E-state index in [1.54, 1.807) is 36.1 Å². The first-order valence-electron chi connectivity index (χ1n) is 12.4. The minimum Gasteiger partial charge on any atom is -0.461 e. The maximum absolute atomic E-state index is 13.6. The van der Waals surface area contributed by atoms with Crippen LogP contribution >= 0.6 is 0 Å². The van der Waals surface area contributed by atoms with Gasteiger partial charge in [-0.1, -0.05) is 0 Å². The van der Waals surface area contributed by atoms with Crippen molar-refractivity contribution in [3.05, 3.63) is 59.8 Å². The third kappa shape index (κ3) is 6.57. The van der Waals surface area contributed by atoms with Crippen molar-refractivity contribution in [2.75, 3.05) is 29.5 Å². The molecule has 0 bridgehead atoms. The largest absolute Gasteiger partial charge is 0.573 e. The Labute approximate surface area is 222 Å². The molecule has 39 heavy (non-hydrogen) atoms. The van der Waals surface area contributed by atoms with Crippen LogP contribution in [0.2, 0.25) is 0 Å². The molecule has 2 amide bonds. The summed E-state index contributed by atoms with van der Waals surface area (Å²) < 4.78 is 46.4. The normalized spacial score (nSPS) is 18.8. The van der Waals surface area contributed by atoms with Crippen molar-refractivity contribution < 1.29 is 37.0 Å². The number of nitrogens with zero attached hydrogens (tertiary/aromatic N) is 3. The molecule has 2 heterocycles. The summed E-state index contributed by atoms with van der Waals surface area (Å²) in [5, 5.41) is 0. The molecule has 0 radical (unpaired) electrons. The van der Waals surface area contributed by atoms with Gasteiger partial charge in [0.1, 0.15) is 17.2 Å². The number of amides is 2. The van der Waals surface area contributed by atoms with Gasteiger partial charge in [-0.15, -0.1) is 13.2 Å². The van der Waals surface area contributed by atoms with Crippen LogP contribution in [-0.2, 0) is 19.1 Å². The van der Waals surface area contributed by atoms with Crippen molar-refractivity contribution in [2.24, 2.45) is 10.7 Å². The number of carbonyl (C=O) groups excluding carboxylic acids is 3. The molecule has 0 atom stereocenters. The Bertz CT molecular complexity index is 1300. The van der Waals surface area contributed by atoms with E-state index in [4.69, 9.17) is 10.5 Å². The van der Waals surface area contributed by atoms with E-state index in [-0.39, 0.29) is 48.1 Å². The first-order chi connectivity index (χ1) is 18.6. The number of alkyl halides is 3. The number of rotatable bonds is 6. The molecule has 2 saturated heterocycles. The topological polar surface area (TPSA) is 115 Å². The second-order valence-corrected chi connectivity index (χ2v) is 8.84. The van der Waals surface area contributed by atoms with Gasteiger partial charge in [0, 0.05) is 36.5 Å². The quantitative estimate of drug-likeness (QED) is 0.426. The van der Waals surface area contributed by atoms with E-state index in [9.17, 15) is 27.6 Å². The highest BCUT2D eigenvalue weighted by Crippen LogP contribution is 2.30. The summed E-state index contributed by atoms with van der Waals surface area (Å²) in [6, 6.07) is 11.6. The molecule has 4 rings (SSSR count). The minimum atomic E-state index is -4.85. The van der Waals surface area contributed by atoms with Crippen molar-refractivity contribution in [3.8, 4) is 5.75 Å². The lowest BCUT2D eigenvalue weighted by Gasteiger charge is -2.31. The summed E-state index contributed by atoms with van der Waals surface area (Å²) in [5.41, 5.74) is 7.26. The molecule has 206 valence electrons. The van der Waals surface area contributed by atoms with Gasteiger partial charge in [-0.3, -0.25) is 9.59 Å². The number of piperidine rings is 2. The zero-order chi connectivity index (χ0) is 28.2. The van der Waals surface area contributed by atoms with Crippen molar-refractivity contribution in [1.82, 2.24) is 0 Å². The molecule has 2 N–H and O–H groups in total. The summed E-state index contributed by atoms with van der Waals surface area (Å²) in [6.45, 7) is 2.51. The average Bonchev–Trinajstić information content (AvgIpc) is 2.90. The molecule has 2 aliphatic rings. The number of nitrogens with two attached hydrogens (primary N) is 1. The number of carbonyl (C=O) groups is 3. The molecule has 9 nitrogen and oxygen atoms in total. The summed E-state index contributed by atoms with van der Waals surface area (Å²) in [6.07, 6.45) is -2.41. The Morgan fingerprint density at radius 3 is 2.18 bits per heavy atom. The van der Waals surface area contributed by atoms with Crippen LogP contribution in [0.25, 0.3) is 0 Å². The lowest BCUT2D eigenvalue weighted by atomic mass is 9.97. The van der Waals surface area contributed by atoms with Crippen molar-refractivity contribution in [3.63, 3.8) is 0 Å². The fourth-order valence-corrected chi connectivity index (χ4v) is 4.40. The van der Waals surface area contributed by atoms with Crippen LogP contribution in [0.1, 0.15) is 32.6 Å². The Morgan fingerprint density at radius 2 is 1.59 bits per heavy atom. The van der Waals surface area contributed by atoms with Crippen LogP contribution in [0.5, 0.6) is 5.75 Å². The Balaban J connectivity index is 1.65. The number of aliphatic imine (C=N–C) groups is 1. The number of halogens is 3. The van der Waals surface area contributed by atoms with E-state index >= 15 is 0 Å². The highest BCUT2D eigenvalue weighted by atomic mass is 19.4. The highest BCUT2D eigenvalue weighted by molar-refractivity contribution is 6.51. The second-order valence-electron chi connectivity index (χ2n) is 8.84. The van der Waals surface area contributed by atoms with Gasteiger partial charge in [0.2, 0.25) is 5.91 Å². The van der Waals surface area contributed by atoms with Gasteiger partial charge < -0.3 is 25.0 Å².